The van der Waals surface area contributed by atoms with Crippen LogP contribution in [0.25, 0.3) is 0 Å². The molecule has 0 aliphatic rings. The van der Waals surface area contributed by atoms with Crippen LogP contribution in [0.5, 0.6) is 0 Å². The number of hydrogen-bond acceptors (Lipinski definition) is 17. The van der Waals surface area contributed by atoms with E-state index in [2.05, 4.69) is 75.6 Å². The minimum Gasteiger partial charge on any atom is -0.466 e. The molecule has 0 fully saturated rings. The SMILES string of the molecule is CC/C=C\CCCCOC(=O)CCN(CCCN(C)CCCN(CCC(=O)OCCOC(=O)OCC(CCCC)CCCCCC)CCC(=O)OCCOC(=O)OCC(CCCC)CCCCCC)CCC(=O)OCCCC/C=C\CC. The van der Waals surface area contributed by atoms with Gasteiger partial charge in [0, 0.05) is 26.2 Å². The average Bonchev–Trinajstić information content (AvgIpc) is 3.46. The molecule has 0 N–H and O–H groups in total. The largest absolute Gasteiger partial charge is 0.508 e. The van der Waals surface area contributed by atoms with E-state index in [9.17, 15) is 28.8 Å². The van der Waals surface area contributed by atoms with Crippen molar-refractivity contribution in [1.29, 1.82) is 0 Å². The van der Waals surface area contributed by atoms with Crippen LogP contribution in [0.1, 0.15) is 234 Å². The van der Waals surface area contributed by atoms with Gasteiger partial charge in [0.1, 0.15) is 26.4 Å². The zero-order valence-corrected chi connectivity index (χ0v) is 53.0. The molecule has 0 bridgehead atoms. The number of carbonyl (C=O) groups excluding carboxylic acids is 6. The fourth-order valence-electron chi connectivity index (χ4n) is 9.21. The third-order valence-corrected chi connectivity index (χ3v) is 14.3. The van der Waals surface area contributed by atoms with Gasteiger partial charge in [-0.25, -0.2) is 9.59 Å². The maximum atomic E-state index is 12.9. The molecule has 0 heterocycles. The molecule has 17 nitrogen and oxygen atoms in total. The van der Waals surface area contributed by atoms with E-state index >= 15 is 0 Å². The van der Waals surface area contributed by atoms with E-state index in [-0.39, 0.29) is 64.0 Å². The summed E-state index contributed by atoms with van der Waals surface area (Å²) < 4.78 is 43.2. The first-order chi connectivity index (χ1) is 39.9. The molecule has 17 heteroatoms. The quantitative estimate of drug-likeness (QED) is 0.0242. The van der Waals surface area contributed by atoms with Gasteiger partial charge in [0.05, 0.1) is 52.1 Å². The van der Waals surface area contributed by atoms with Crippen molar-refractivity contribution in [1.82, 2.24) is 14.7 Å². The van der Waals surface area contributed by atoms with Gasteiger partial charge in [-0.3, -0.25) is 19.2 Å². The van der Waals surface area contributed by atoms with Gasteiger partial charge in [0.15, 0.2) is 0 Å². The molecule has 0 aromatic heterocycles. The van der Waals surface area contributed by atoms with Crippen molar-refractivity contribution in [2.45, 2.75) is 234 Å². The van der Waals surface area contributed by atoms with Crippen molar-refractivity contribution in [2.75, 3.05) is 112 Å². The van der Waals surface area contributed by atoms with Crippen LogP contribution in [0, 0.1) is 11.8 Å². The molecule has 0 aromatic carbocycles. The number of nitrogens with zero attached hydrogens (tertiary/aromatic N) is 3. The highest BCUT2D eigenvalue weighted by molar-refractivity contribution is 5.71. The number of esters is 4. The first kappa shape index (κ1) is 77.8. The monoisotopic (exact) mass is 1170 g/mol. The summed E-state index contributed by atoms with van der Waals surface area (Å²) in [5.74, 6) is -0.782. The summed E-state index contributed by atoms with van der Waals surface area (Å²) in [6.45, 7) is 18.3. The van der Waals surface area contributed by atoms with Crippen molar-refractivity contribution in [3.8, 4) is 0 Å². The minimum atomic E-state index is -0.763. The maximum absolute atomic E-state index is 12.9. The average molecular weight is 1170 g/mol. The summed E-state index contributed by atoms with van der Waals surface area (Å²) >= 11 is 0. The van der Waals surface area contributed by atoms with Crippen molar-refractivity contribution in [3.63, 3.8) is 0 Å². The fourth-order valence-corrected chi connectivity index (χ4v) is 9.21. The molecular formula is C65H119N3O14. The second kappa shape index (κ2) is 58.5. The zero-order valence-electron chi connectivity index (χ0n) is 53.0. The second-order valence-corrected chi connectivity index (χ2v) is 21.9. The predicted molar refractivity (Wildman–Crippen MR) is 327 cm³/mol. The van der Waals surface area contributed by atoms with Crippen LogP contribution in [0.2, 0.25) is 0 Å². The van der Waals surface area contributed by atoms with Crippen LogP contribution in [-0.2, 0) is 57.1 Å². The van der Waals surface area contributed by atoms with Crippen LogP contribution in [0.15, 0.2) is 24.3 Å². The van der Waals surface area contributed by atoms with E-state index in [0.29, 0.717) is 77.5 Å². The highest BCUT2D eigenvalue weighted by Crippen LogP contribution is 2.20. The topological polar surface area (TPSA) is 186 Å². The number of rotatable bonds is 58. The molecule has 478 valence electrons. The van der Waals surface area contributed by atoms with E-state index in [1.54, 1.807) is 0 Å². The molecule has 0 rings (SSSR count). The number of unbranched alkanes of at least 4 members (excludes halogenated alkanes) is 12. The molecule has 0 aliphatic carbocycles. The maximum Gasteiger partial charge on any atom is 0.508 e. The Morgan fingerprint density at radius 2 is 0.671 bits per heavy atom. The number of carbonyl (C=O) groups is 6. The smallest absolute Gasteiger partial charge is 0.466 e. The molecule has 0 saturated carbocycles. The fraction of sp³-hybridized carbons (Fsp3) is 0.846. The molecule has 82 heavy (non-hydrogen) atoms. The number of allylic oxidation sites excluding steroid dienone is 4. The Morgan fingerprint density at radius 3 is 1.02 bits per heavy atom. The van der Waals surface area contributed by atoms with Gasteiger partial charge >= 0.3 is 36.2 Å². The Bertz CT molecular complexity index is 1510. The number of ether oxygens (including phenoxy) is 8. The lowest BCUT2D eigenvalue weighted by Crippen LogP contribution is -2.34. The first-order valence-electron chi connectivity index (χ1n) is 32.6. The molecule has 0 aliphatic heterocycles. The summed E-state index contributed by atoms with van der Waals surface area (Å²) in [7, 11) is 2.04. The molecule has 0 saturated heterocycles. The Labute approximate surface area is 498 Å². The number of hydrogen-bond donors (Lipinski definition) is 0. The van der Waals surface area contributed by atoms with Gasteiger partial charge in [-0.1, -0.05) is 143 Å². The highest BCUT2D eigenvalue weighted by atomic mass is 16.7. The van der Waals surface area contributed by atoms with Crippen LogP contribution in [0.4, 0.5) is 9.59 Å². The van der Waals surface area contributed by atoms with Gasteiger partial charge in [-0.2, -0.15) is 0 Å². The highest BCUT2D eigenvalue weighted by Gasteiger charge is 2.18. The summed E-state index contributed by atoms with van der Waals surface area (Å²) in [5, 5.41) is 0. The van der Waals surface area contributed by atoms with E-state index in [1.807, 2.05) is 11.9 Å². The Hall–Kier alpha value is -4.22. The molecule has 0 spiro atoms. The normalized spacial score (nSPS) is 12.3. The molecule has 0 aromatic rings. The molecule has 2 atom stereocenters. The van der Waals surface area contributed by atoms with Crippen molar-refractivity contribution in [3.05, 3.63) is 24.3 Å². The van der Waals surface area contributed by atoms with Crippen LogP contribution in [-0.4, -0.2) is 163 Å². The molecular weight excluding hydrogens is 1050 g/mol. The van der Waals surface area contributed by atoms with Crippen molar-refractivity contribution in [2.24, 2.45) is 11.8 Å². The summed E-state index contributed by atoms with van der Waals surface area (Å²) in [5.41, 5.74) is 0. The Morgan fingerprint density at radius 1 is 0.329 bits per heavy atom. The van der Waals surface area contributed by atoms with Crippen LogP contribution < -0.4 is 0 Å². The summed E-state index contributed by atoms with van der Waals surface area (Å²) in [6, 6.07) is 0. The Kier molecular flexibility index (Phi) is 55.5. The third kappa shape index (κ3) is 52.6. The third-order valence-electron chi connectivity index (χ3n) is 14.3. The van der Waals surface area contributed by atoms with Crippen LogP contribution in [0.3, 0.4) is 0 Å². The van der Waals surface area contributed by atoms with Gasteiger partial charge < -0.3 is 52.6 Å². The standard InChI is InChI=1S/C65H119N3O14/c1-8-14-20-24-26-30-50-75-60(69)38-46-67(47-39-61(70)76-51-31-27-25-21-15-9-2)44-32-42-66(7)43-33-45-68(48-40-62(71)77-52-54-79-64(73)81-56-58(34-18-12-5)36-28-22-16-10-3)49-41-63(72)78-53-55-80-65(74)82-57-59(35-19-13-6)37-29-23-17-11-4/h14-15,20-21,58-59H,8-13,16-19,22-57H2,1-7H3/b20-14-,21-15-. The minimum absolute atomic E-state index is 0.0602. The van der Waals surface area contributed by atoms with E-state index in [0.717, 1.165) is 142 Å². The second-order valence-electron chi connectivity index (χ2n) is 21.9. The van der Waals surface area contributed by atoms with Crippen molar-refractivity contribution < 1.29 is 66.7 Å². The van der Waals surface area contributed by atoms with Gasteiger partial charge in [-0.15, -0.1) is 0 Å². The molecule has 2 unspecified atom stereocenters. The predicted octanol–water partition coefficient (Wildman–Crippen LogP) is 14.2. The van der Waals surface area contributed by atoms with Gasteiger partial charge in [0.25, 0.3) is 0 Å². The lowest BCUT2D eigenvalue weighted by Gasteiger charge is -2.25. The summed E-state index contributed by atoms with van der Waals surface area (Å²) in [6.07, 6.45) is 34.5. The first-order valence-corrected chi connectivity index (χ1v) is 32.6. The van der Waals surface area contributed by atoms with E-state index in [1.165, 1.54) is 38.5 Å². The van der Waals surface area contributed by atoms with E-state index < -0.39 is 24.2 Å². The molecule has 0 radical (unpaired) electrons. The zero-order chi connectivity index (χ0) is 60.4. The van der Waals surface area contributed by atoms with Crippen molar-refractivity contribution >= 4 is 36.2 Å². The Balaban J connectivity index is 5.39. The lowest BCUT2D eigenvalue weighted by atomic mass is 9.96. The summed E-state index contributed by atoms with van der Waals surface area (Å²) in [4.78, 5) is 82.4. The lowest BCUT2D eigenvalue weighted by molar-refractivity contribution is -0.146. The van der Waals surface area contributed by atoms with E-state index in [4.69, 9.17) is 37.9 Å². The van der Waals surface area contributed by atoms with Crippen LogP contribution >= 0.6 is 0 Å². The van der Waals surface area contributed by atoms with Gasteiger partial charge in [0.2, 0.25) is 0 Å². The van der Waals surface area contributed by atoms with Gasteiger partial charge in [-0.05, 0) is 135 Å². The molecule has 0 amide bonds.